The lowest BCUT2D eigenvalue weighted by molar-refractivity contribution is 0.116. The second-order valence-electron chi connectivity index (χ2n) is 3.96. The van der Waals surface area contributed by atoms with E-state index in [2.05, 4.69) is 23.4 Å². The molecule has 0 aliphatic rings. The van der Waals surface area contributed by atoms with Crippen molar-refractivity contribution in [2.24, 2.45) is 5.92 Å². The minimum Gasteiger partial charge on any atom is -0.380 e. The van der Waals surface area contributed by atoms with Crippen LogP contribution >= 0.6 is 0 Å². The quantitative estimate of drug-likeness (QED) is 0.652. The van der Waals surface area contributed by atoms with Crippen LogP contribution in [-0.4, -0.2) is 22.8 Å². The van der Waals surface area contributed by atoms with Crippen LogP contribution in [0, 0.1) is 12.8 Å². The molecule has 0 amide bonds. The van der Waals surface area contributed by atoms with E-state index in [0.29, 0.717) is 0 Å². The van der Waals surface area contributed by atoms with Gasteiger partial charge in [0.2, 0.25) is 0 Å². The maximum Gasteiger partial charge on any atom is 0.105 e. The van der Waals surface area contributed by atoms with Crippen molar-refractivity contribution in [1.29, 1.82) is 0 Å². The number of aromatic nitrogens is 2. The molecule has 1 aromatic heterocycles. The van der Waals surface area contributed by atoms with Gasteiger partial charge in [0.25, 0.3) is 0 Å². The highest BCUT2D eigenvalue weighted by atomic mass is 16.5. The average Bonchev–Trinajstić information content (AvgIpc) is 2.51. The van der Waals surface area contributed by atoms with Gasteiger partial charge in [0, 0.05) is 25.5 Å². The lowest BCUT2D eigenvalue weighted by Gasteiger charge is -2.07. The van der Waals surface area contributed by atoms with Crippen LogP contribution in [0.4, 0.5) is 0 Å². The zero-order valence-electron chi connectivity index (χ0n) is 9.36. The van der Waals surface area contributed by atoms with Crippen molar-refractivity contribution in [2.75, 3.05) is 13.2 Å². The van der Waals surface area contributed by atoms with Gasteiger partial charge >= 0.3 is 0 Å². The Balaban J connectivity index is 2.08. The molecule has 0 radical (unpaired) electrons. The largest absolute Gasteiger partial charge is 0.380 e. The van der Waals surface area contributed by atoms with E-state index < -0.39 is 0 Å². The summed E-state index contributed by atoms with van der Waals surface area (Å²) in [5.41, 5.74) is 0. The van der Waals surface area contributed by atoms with Gasteiger partial charge in [-0.2, -0.15) is 0 Å². The van der Waals surface area contributed by atoms with Crippen LogP contribution in [0.5, 0.6) is 0 Å². The van der Waals surface area contributed by atoms with Crippen molar-refractivity contribution in [2.45, 2.75) is 33.7 Å². The molecule has 0 atom stereocenters. The molecule has 0 aliphatic carbocycles. The third-order valence-electron chi connectivity index (χ3n) is 2.24. The fourth-order valence-corrected chi connectivity index (χ4v) is 1.22. The minimum atomic E-state index is 0.727. The summed E-state index contributed by atoms with van der Waals surface area (Å²) in [4.78, 5) is 4.15. The van der Waals surface area contributed by atoms with Gasteiger partial charge in [-0.1, -0.05) is 13.8 Å². The number of hydrogen-bond acceptors (Lipinski definition) is 2. The number of nitrogens with zero attached hydrogens (tertiary/aromatic N) is 2. The molecule has 1 aromatic rings. The third-order valence-corrected chi connectivity index (χ3v) is 2.24. The molecule has 0 aliphatic heterocycles. The molecule has 0 aromatic carbocycles. The molecule has 0 fully saturated rings. The highest BCUT2D eigenvalue weighted by Crippen LogP contribution is 1.99. The molecule has 0 spiro atoms. The molecule has 3 nitrogen and oxygen atoms in total. The topological polar surface area (TPSA) is 27.1 Å². The van der Waals surface area contributed by atoms with E-state index in [1.54, 1.807) is 0 Å². The number of hydrogen-bond donors (Lipinski definition) is 0. The number of aryl methyl sites for hydroxylation is 1. The van der Waals surface area contributed by atoms with Crippen molar-refractivity contribution in [3.05, 3.63) is 18.2 Å². The second kappa shape index (κ2) is 5.81. The summed E-state index contributed by atoms with van der Waals surface area (Å²) < 4.78 is 7.63. The van der Waals surface area contributed by atoms with Crippen LogP contribution in [0.3, 0.4) is 0 Å². The van der Waals surface area contributed by atoms with E-state index >= 15 is 0 Å². The fourth-order valence-electron chi connectivity index (χ4n) is 1.22. The van der Waals surface area contributed by atoms with Gasteiger partial charge in [-0.25, -0.2) is 4.98 Å². The van der Waals surface area contributed by atoms with Gasteiger partial charge in [0.1, 0.15) is 5.82 Å². The first kappa shape index (κ1) is 11.2. The molecule has 80 valence electrons. The van der Waals surface area contributed by atoms with Gasteiger partial charge in [0.15, 0.2) is 0 Å². The summed E-state index contributed by atoms with van der Waals surface area (Å²) >= 11 is 0. The molecule has 0 saturated carbocycles. The van der Waals surface area contributed by atoms with Gasteiger partial charge in [-0.05, 0) is 19.3 Å². The summed E-state index contributed by atoms with van der Waals surface area (Å²) in [6.45, 7) is 8.99. The van der Waals surface area contributed by atoms with Gasteiger partial charge in [-0.3, -0.25) is 0 Å². The van der Waals surface area contributed by atoms with Gasteiger partial charge < -0.3 is 9.30 Å². The first-order valence-corrected chi connectivity index (χ1v) is 5.25. The summed E-state index contributed by atoms with van der Waals surface area (Å²) in [7, 11) is 0. The predicted molar refractivity (Wildman–Crippen MR) is 57.2 cm³/mol. The average molecular weight is 196 g/mol. The minimum absolute atomic E-state index is 0.727. The zero-order chi connectivity index (χ0) is 10.4. The van der Waals surface area contributed by atoms with E-state index in [0.717, 1.165) is 37.9 Å². The van der Waals surface area contributed by atoms with Crippen molar-refractivity contribution in [3.63, 3.8) is 0 Å². The van der Waals surface area contributed by atoms with E-state index in [1.165, 1.54) is 0 Å². The first-order valence-electron chi connectivity index (χ1n) is 5.25. The smallest absolute Gasteiger partial charge is 0.105 e. The Kier molecular flexibility index (Phi) is 4.66. The Morgan fingerprint density at radius 3 is 2.79 bits per heavy atom. The fraction of sp³-hybridized carbons (Fsp3) is 0.727. The third kappa shape index (κ3) is 3.92. The van der Waals surface area contributed by atoms with E-state index in [-0.39, 0.29) is 0 Å². The van der Waals surface area contributed by atoms with Crippen molar-refractivity contribution in [1.82, 2.24) is 9.55 Å². The van der Waals surface area contributed by atoms with Crippen molar-refractivity contribution < 1.29 is 4.74 Å². The van der Waals surface area contributed by atoms with Crippen LogP contribution in [0.1, 0.15) is 26.1 Å². The lowest BCUT2D eigenvalue weighted by Crippen LogP contribution is -2.08. The standard InChI is InChI=1S/C11H20N2O/c1-10(2)4-8-14-9-7-13-6-5-12-11(13)3/h5-6,10H,4,7-9H2,1-3H3. The number of imidazole rings is 1. The van der Waals surface area contributed by atoms with E-state index in [1.807, 2.05) is 19.3 Å². The summed E-state index contributed by atoms with van der Waals surface area (Å²) in [5.74, 6) is 1.78. The highest BCUT2D eigenvalue weighted by molar-refractivity contribution is 4.87. The zero-order valence-corrected chi connectivity index (χ0v) is 9.36. The van der Waals surface area contributed by atoms with Crippen LogP contribution < -0.4 is 0 Å². The Morgan fingerprint density at radius 2 is 2.21 bits per heavy atom. The van der Waals surface area contributed by atoms with E-state index in [4.69, 9.17) is 4.74 Å². The van der Waals surface area contributed by atoms with Crippen LogP contribution in [-0.2, 0) is 11.3 Å². The molecule has 3 heteroatoms. The highest BCUT2D eigenvalue weighted by Gasteiger charge is 1.97. The van der Waals surface area contributed by atoms with Gasteiger partial charge in [0.05, 0.1) is 6.61 Å². The first-order chi connectivity index (χ1) is 6.70. The van der Waals surface area contributed by atoms with E-state index in [9.17, 15) is 0 Å². The molecular weight excluding hydrogens is 176 g/mol. The Bertz CT molecular complexity index is 256. The normalized spacial score (nSPS) is 11.1. The number of ether oxygens (including phenoxy) is 1. The summed E-state index contributed by atoms with van der Waals surface area (Å²) in [5, 5.41) is 0. The summed E-state index contributed by atoms with van der Waals surface area (Å²) in [6, 6.07) is 0. The van der Waals surface area contributed by atoms with Crippen molar-refractivity contribution >= 4 is 0 Å². The SMILES string of the molecule is Cc1nccn1CCOCCC(C)C. The van der Waals surface area contributed by atoms with Crippen LogP contribution in [0.25, 0.3) is 0 Å². The number of rotatable bonds is 6. The Morgan fingerprint density at radius 1 is 1.43 bits per heavy atom. The molecule has 0 bridgehead atoms. The molecule has 14 heavy (non-hydrogen) atoms. The molecule has 0 N–H and O–H groups in total. The second-order valence-corrected chi connectivity index (χ2v) is 3.96. The Hall–Kier alpha value is -0.830. The van der Waals surface area contributed by atoms with Gasteiger partial charge in [-0.15, -0.1) is 0 Å². The molecule has 0 unspecified atom stereocenters. The van der Waals surface area contributed by atoms with Crippen LogP contribution in [0.15, 0.2) is 12.4 Å². The maximum absolute atomic E-state index is 5.52. The monoisotopic (exact) mass is 196 g/mol. The maximum atomic E-state index is 5.52. The summed E-state index contributed by atoms with van der Waals surface area (Å²) in [6.07, 6.45) is 4.95. The Labute approximate surface area is 86.1 Å². The van der Waals surface area contributed by atoms with Crippen LogP contribution in [0.2, 0.25) is 0 Å². The molecule has 1 rings (SSSR count). The molecular formula is C11H20N2O. The lowest BCUT2D eigenvalue weighted by atomic mass is 10.1. The molecule has 0 saturated heterocycles. The van der Waals surface area contributed by atoms with Crippen molar-refractivity contribution in [3.8, 4) is 0 Å². The molecule has 1 heterocycles. The predicted octanol–water partition coefficient (Wildman–Crippen LogP) is 2.25.